The van der Waals surface area contributed by atoms with E-state index in [1.165, 1.54) is 5.69 Å². The Morgan fingerprint density at radius 1 is 1.58 bits per heavy atom. The molecule has 1 aromatic rings. The van der Waals surface area contributed by atoms with Crippen molar-refractivity contribution in [1.29, 1.82) is 0 Å². The second-order valence-electron chi connectivity index (χ2n) is 4.97. The van der Waals surface area contributed by atoms with Crippen LogP contribution in [0.15, 0.2) is 0 Å². The molecule has 19 heavy (non-hydrogen) atoms. The average Bonchev–Trinajstić information content (AvgIpc) is 3.05. The molecule has 1 aromatic heterocycles. The summed E-state index contributed by atoms with van der Waals surface area (Å²) in [7, 11) is 3.66. The van der Waals surface area contributed by atoms with Gasteiger partial charge in [0, 0.05) is 26.2 Å². The van der Waals surface area contributed by atoms with Crippen molar-refractivity contribution >= 4 is 0 Å². The SMILES string of the molecule is CCC(COC)n1nnc(CNC)c1C1CCOC1. The Morgan fingerprint density at radius 2 is 2.42 bits per heavy atom. The van der Waals surface area contributed by atoms with E-state index in [4.69, 9.17) is 9.47 Å². The molecule has 0 radical (unpaired) electrons. The van der Waals surface area contributed by atoms with Crippen LogP contribution < -0.4 is 5.32 Å². The van der Waals surface area contributed by atoms with Crippen LogP contribution in [0.5, 0.6) is 0 Å². The summed E-state index contributed by atoms with van der Waals surface area (Å²) in [5.41, 5.74) is 2.25. The molecule has 6 heteroatoms. The summed E-state index contributed by atoms with van der Waals surface area (Å²) in [6, 6.07) is 0.249. The van der Waals surface area contributed by atoms with Crippen LogP contribution in [0, 0.1) is 0 Å². The first-order valence-corrected chi connectivity index (χ1v) is 6.97. The average molecular weight is 268 g/mol. The van der Waals surface area contributed by atoms with Crippen molar-refractivity contribution in [2.24, 2.45) is 0 Å². The van der Waals surface area contributed by atoms with Crippen LogP contribution in [0.25, 0.3) is 0 Å². The molecule has 1 aliphatic heterocycles. The van der Waals surface area contributed by atoms with Crippen molar-refractivity contribution in [2.75, 3.05) is 34.0 Å². The Kier molecular flexibility index (Phi) is 5.30. The van der Waals surface area contributed by atoms with Crippen molar-refractivity contribution < 1.29 is 9.47 Å². The maximum atomic E-state index is 5.52. The molecule has 0 spiro atoms. The minimum Gasteiger partial charge on any atom is -0.382 e. The fourth-order valence-corrected chi connectivity index (χ4v) is 2.62. The highest BCUT2D eigenvalue weighted by molar-refractivity contribution is 5.17. The Hall–Kier alpha value is -0.980. The molecule has 2 rings (SSSR count). The lowest BCUT2D eigenvalue weighted by Gasteiger charge is -2.19. The second-order valence-corrected chi connectivity index (χ2v) is 4.97. The molecule has 0 amide bonds. The van der Waals surface area contributed by atoms with E-state index >= 15 is 0 Å². The largest absolute Gasteiger partial charge is 0.382 e. The van der Waals surface area contributed by atoms with Gasteiger partial charge in [-0.25, -0.2) is 4.68 Å². The third-order valence-electron chi connectivity index (χ3n) is 3.64. The number of hydrogen-bond acceptors (Lipinski definition) is 5. The highest BCUT2D eigenvalue weighted by atomic mass is 16.5. The highest BCUT2D eigenvalue weighted by Crippen LogP contribution is 2.29. The van der Waals surface area contributed by atoms with Gasteiger partial charge in [0.25, 0.3) is 0 Å². The van der Waals surface area contributed by atoms with Gasteiger partial charge >= 0.3 is 0 Å². The molecule has 2 unspecified atom stereocenters. The first kappa shape index (κ1) is 14.4. The summed E-state index contributed by atoms with van der Waals surface area (Å²) in [6.07, 6.45) is 2.03. The first-order valence-electron chi connectivity index (χ1n) is 6.97. The molecule has 1 saturated heterocycles. The Labute approximate surface area is 114 Å². The Bertz CT molecular complexity index is 388. The number of aromatic nitrogens is 3. The van der Waals surface area contributed by atoms with Crippen molar-refractivity contribution in [3.8, 4) is 0 Å². The highest BCUT2D eigenvalue weighted by Gasteiger charge is 2.28. The Balaban J connectivity index is 2.30. The number of ether oxygens (including phenoxy) is 2. The van der Waals surface area contributed by atoms with Gasteiger partial charge < -0.3 is 14.8 Å². The summed E-state index contributed by atoms with van der Waals surface area (Å²) in [4.78, 5) is 0. The van der Waals surface area contributed by atoms with Crippen molar-refractivity contribution in [3.63, 3.8) is 0 Å². The molecule has 0 aromatic carbocycles. The molecule has 0 bridgehead atoms. The van der Waals surface area contributed by atoms with Crippen molar-refractivity contribution in [2.45, 2.75) is 38.3 Å². The quantitative estimate of drug-likeness (QED) is 0.802. The van der Waals surface area contributed by atoms with Gasteiger partial charge in [-0.05, 0) is 19.9 Å². The smallest absolute Gasteiger partial charge is 0.100 e. The van der Waals surface area contributed by atoms with Gasteiger partial charge in [-0.3, -0.25) is 0 Å². The van der Waals surface area contributed by atoms with Crippen LogP contribution >= 0.6 is 0 Å². The lowest BCUT2D eigenvalue weighted by molar-refractivity contribution is 0.143. The van der Waals surface area contributed by atoms with E-state index in [0.717, 1.165) is 38.3 Å². The zero-order valence-corrected chi connectivity index (χ0v) is 12.1. The van der Waals surface area contributed by atoms with Gasteiger partial charge in [-0.1, -0.05) is 12.1 Å². The molecular weight excluding hydrogens is 244 g/mol. The van der Waals surface area contributed by atoms with Crippen LogP contribution in [0.4, 0.5) is 0 Å². The van der Waals surface area contributed by atoms with E-state index in [-0.39, 0.29) is 6.04 Å². The molecule has 6 nitrogen and oxygen atoms in total. The van der Waals surface area contributed by atoms with Crippen LogP contribution in [-0.2, 0) is 16.0 Å². The third-order valence-corrected chi connectivity index (χ3v) is 3.64. The van der Waals surface area contributed by atoms with E-state index in [2.05, 4.69) is 27.2 Å². The summed E-state index contributed by atoms with van der Waals surface area (Å²) in [6.45, 7) is 5.16. The van der Waals surface area contributed by atoms with Gasteiger partial charge in [0.15, 0.2) is 0 Å². The van der Waals surface area contributed by atoms with Crippen LogP contribution in [0.3, 0.4) is 0 Å². The number of methoxy groups -OCH3 is 1. The second kappa shape index (κ2) is 6.98. The number of nitrogens with zero attached hydrogens (tertiary/aromatic N) is 3. The molecule has 1 aliphatic rings. The summed E-state index contributed by atoms with van der Waals surface area (Å²) in [5.74, 6) is 0.407. The molecular formula is C13H24N4O2. The molecule has 108 valence electrons. The normalized spacial score (nSPS) is 20.9. The van der Waals surface area contributed by atoms with E-state index in [9.17, 15) is 0 Å². The van der Waals surface area contributed by atoms with Gasteiger partial charge in [-0.2, -0.15) is 0 Å². The lowest BCUT2D eigenvalue weighted by Crippen LogP contribution is -2.21. The minimum atomic E-state index is 0.249. The monoisotopic (exact) mass is 268 g/mol. The van der Waals surface area contributed by atoms with E-state index < -0.39 is 0 Å². The first-order chi connectivity index (χ1) is 9.31. The predicted molar refractivity (Wildman–Crippen MR) is 72.2 cm³/mol. The molecule has 1 fully saturated rings. The van der Waals surface area contributed by atoms with Crippen molar-refractivity contribution in [3.05, 3.63) is 11.4 Å². The van der Waals surface area contributed by atoms with E-state index in [0.29, 0.717) is 12.5 Å². The molecule has 1 N–H and O–H groups in total. The van der Waals surface area contributed by atoms with Crippen LogP contribution in [0.2, 0.25) is 0 Å². The third kappa shape index (κ3) is 3.13. The maximum Gasteiger partial charge on any atom is 0.100 e. The van der Waals surface area contributed by atoms with Crippen molar-refractivity contribution in [1.82, 2.24) is 20.3 Å². The zero-order chi connectivity index (χ0) is 13.7. The predicted octanol–water partition coefficient (Wildman–Crippen LogP) is 1.10. The fourth-order valence-electron chi connectivity index (χ4n) is 2.62. The number of hydrogen-bond donors (Lipinski definition) is 1. The summed E-state index contributed by atoms with van der Waals surface area (Å²) < 4.78 is 12.9. The van der Waals surface area contributed by atoms with Gasteiger partial charge in [-0.15, -0.1) is 5.10 Å². The standard InChI is InChI=1S/C13H24N4O2/c1-4-11(9-18-3)17-13(10-5-6-19-8-10)12(7-14-2)15-16-17/h10-11,14H,4-9H2,1-3H3. The Morgan fingerprint density at radius 3 is 3.00 bits per heavy atom. The lowest BCUT2D eigenvalue weighted by atomic mass is 10.0. The molecule has 2 atom stereocenters. The summed E-state index contributed by atoms with van der Waals surface area (Å²) in [5, 5.41) is 11.9. The molecule has 0 saturated carbocycles. The number of rotatable bonds is 7. The minimum absolute atomic E-state index is 0.249. The maximum absolute atomic E-state index is 5.52. The fraction of sp³-hybridized carbons (Fsp3) is 0.846. The van der Waals surface area contributed by atoms with Gasteiger partial charge in [0.05, 0.1) is 24.9 Å². The van der Waals surface area contributed by atoms with Gasteiger partial charge in [0.2, 0.25) is 0 Å². The molecule has 2 heterocycles. The van der Waals surface area contributed by atoms with E-state index in [1.807, 2.05) is 7.05 Å². The summed E-state index contributed by atoms with van der Waals surface area (Å²) >= 11 is 0. The topological polar surface area (TPSA) is 61.2 Å². The van der Waals surface area contributed by atoms with Gasteiger partial charge in [0.1, 0.15) is 5.69 Å². The van der Waals surface area contributed by atoms with E-state index in [1.54, 1.807) is 7.11 Å². The number of nitrogens with one attached hydrogen (secondary N) is 1. The van der Waals surface area contributed by atoms with Crippen LogP contribution in [0.1, 0.15) is 43.1 Å². The molecule has 0 aliphatic carbocycles. The van der Waals surface area contributed by atoms with Crippen LogP contribution in [-0.4, -0.2) is 49.0 Å². The zero-order valence-electron chi connectivity index (χ0n) is 12.1.